The fraction of sp³-hybridized carbons (Fsp3) is 0.455. The highest BCUT2D eigenvalue weighted by atomic mass is 16.4. The Morgan fingerprint density at radius 3 is 2.76 bits per heavy atom. The molecule has 2 aromatic heterocycles. The molecule has 3 N–H and O–H groups in total. The maximum atomic E-state index is 10.8. The Labute approximate surface area is 98.7 Å². The van der Waals surface area contributed by atoms with Crippen molar-refractivity contribution < 1.29 is 9.90 Å². The van der Waals surface area contributed by atoms with Crippen LogP contribution in [0.4, 0.5) is 0 Å². The number of carbonyl (C=O) groups is 1. The van der Waals surface area contributed by atoms with Crippen LogP contribution in [-0.2, 0) is 18.3 Å². The average Bonchev–Trinajstić information content (AvgIpc) is 2.73. The Morgan fingerprint density at radius 1 is 1.59 bits per heavy atom. The third kappa shape index (κ3) is 1.80. The zero-order valence-corrected chi connectivity index (χ0v) is 10.1. The Bertz CT molecular complexity index is 544. The zero-order chi connectivity index (χ0) is 12.7. The first-order valence-electron chi connectivity index (χ1n) is 5.40. The Hall–Kier alpha value is -1.82. The molecule has 1 atom stereocenters. The average molecular weight is 236 g/mol. The number of fused-ring (bicyclic) bond motifs is 1. The second kappa shape index (κ2) is 3.89. The molecule has 1 unspecified atom stereocenters. The normalized spacial score (nSPS) is 13.2. The maximum Gasteiger partial charge on any atom is 0.320 e. The number of rotatable bonds is 3. The lowest BCUT2D eigenvalue weighted by Crippen LogP contribution is -2.33. The van der Waals surface area contributed by atoms with E-state index in [4.69, 9.17) is 10.8 Å². The lowest BCUT2D eigenvalue weighted by atomic mass is 10.1. The van der Waals surface area contributed by atoms with Gasteiger partial charge in [0.25, 0.3) is 0 Å². The van der Waals surface area contributed by atoms with Crippen molar-refractivity contribution in [2.75, 3.05) is 0 Å². The summed E-state index contributed by atoms with van der Waals surface area (Å²) in [6.45, 7) is 3.87. The van der Waals surface area contributed by atoms with Gasteiger partial charge in [0.15, 0.2) is 0 Å². The molecular formula is C11H16N4O2. The lowest BCUT2D eigenvalue weighted by molar-refractivity contribution is -0.138. The number of aromatic nitrogens is 3. The molecule has 0 saturated heterocycles. The molecule has 0 saturated carbocycles. The molecule has 0 fully saturated rings. The second-order valence-corrected chi connectivity index (χ2v) is 4.29. The molecule has 2 heterocycles. The minimum atomic E-state index is -0.987. The Kier molecular flexibility index (Phi) is 2.66. The third-order valence-corrected chi connectivity index (χ3v) is 3.02. The molecular weight excluding hydrogens is 220 g/mol. The van der Waals surface area contributed by atoms with Crippen molar-refractivity contribution >= 4 is 11.7 Å². The monoisotopic (exact) mass is 236 g/mol. The largest absolute Gasteiger partial charge is 0.480 e. The van der Waals surface area contributed by atoms with Crippen molar-refractivity contribution in [3.05, 3.63) is 23.3 Å². The molecule has 2 rings (SSSR count). The number of hydrogen-bond acceptors (Lipinski definition) is 3. The van der Waals surface area contributed by atoms with E-state index < -0.39 is 12.0 Å². The number of aliphatic carboxylic acids is 1. The van der Waals surface area contributed by atoms with Crippen LogP contribution in [0.15, 0.2) is 6.20 Å². The summed E-state index contributed by atoms with van der Waals surface area (Å²) >= 11 is 0. The number of imidazole rings is 2. The van der Waals surface area contributed by atoms with Crippen LogP contribution in [0.2, 0.25) is 0 Å². The fourth-order valence-corrected chi connectivity index (χ4v) is 2.05. The van der Waals surface area contributed by atoms with Crippen LogP contribution in [0.3, 0.4) is 0 Å². The predicted molar refractivity (Wildman–Crippen MR) is 63.0 cm³/mol. The quantitative estimate of drug-likeness (QED) is 0.799. The molecule has 0 bridgehead atoms. The van der Waals surface area contributed by atoms with Gasteiger partial charge in [-0.25, -0.2) is 4.98 Å². The topological polar surface area (TPSA) is 85.5 Å². The smallest absolute Gasteiger partial charge is 0.320 e. The van der Waals surface area contributed by atoms with E-state index in [1.54, 1.807) is 0 Å². The van der Waals surface area contributed by atoms with Gasteiger partial charge >= 0.3 is 5.97 Å². The van der Waals surface area contributed by atoms with E-state index >= 15 is 0 Å². The summed E-state index contributed by atoms with van der Waals surface area (Å²) in [5, 5.41) is 8.84. The number of nitrogens with two attached hydrogens (primary N) is 1. The highest BCUT2D eigenvalue weighted by Gasteiger charge is 2.19. The third-order valence-electron chi connectivity index (χ3n) is 3.02. The highest BCUT2D eigenvalue weighted by molar-refractivity contribution is 5.73. The van der Waals surface area contributed by atoms with Crippen LogP contribution in [0.1, 0.15) is 17.1 Å². The molecule has 0 aromatic carbocycles. The molecule has 6 nitrogen and oxygen atoms in total. The van der Waals surface area contributed by atoms with Crippen molar-refractivity contribution in [3.63, 3.8) is 0 Å². The molecule has 0 aliphatic carbocycles. The summed E-state index contributed by atoms with van der Waals surface area (Å²) in [4.78, 5) is 15.2. The van der Waals surface area contributed by atoms with E-state index in [-0.39, 0.29) is 0 Å². The summed E-state index contributed by atoms with van der Waals surface area (Å²) in [5.41, 5.74) is 8.39. The van der Waals surface area contributed by atoms with Crippen LogP contribution in [-0.4, -0.2) is 31.1 Å². The summed E-state index contributed by atoms with van der Waals surface area (Å²) in [6, 6.07) is -0.881. The lowest BCUT2D eigenvalue weighted by Gasteiger charge is -2.08. The van der Waals surface area contributed by atoms with Crippen molar-refractivity contribution in [2.24, 2.45) is 12.8 Å². The summed E-state index contributed by atoms with van der Waals surface area (Å²) in [7, 11) is 1.87. The first-order chi connectivity index (χ1) is 7.91. The summed E-state index contributed by atoms with van der Waals surface area (Å²) < 4.78 is 3.85. The van der Waals surface area contributed by atoms with Gasteiger partial charge in [-0.05, 0) is 13.8 Å². The number of carboxylic acids is 1. The van der Waals surface area contributed by atoms with Gasteiger partial charge in [0, 0.05) is 31.1 Å². The number of aryl methyl sites for hydroxylation is 3. The zero-order valence-electron chi connectivity index (χ0n) is 10.1. The minimum absolute atomic E-state index is 0.306. The van der Waals surface area contributed by atoms with Crippen LogP contribution >= 0.6 is 0 Å². The van der Waals surface area contributed by atoms with Gasteiger partial charge in [0.05, 0.1) is 5.69 Å². The molecule has 17 heavy (non-hydrogen) atoms. The van der Waals surface area contributed by atoms with E-state index in [9.17, 15) is 4.79 Å². The van der Waals surface area contributed by atoms with E-state index in [0.29, 0.717) is 6.42 Å². The fourth-order valence-electron chi connectivity index (χ4n) is 2.05. The minimum Gasteiger partial charge on any atom is -0.480 e. The van der Waals surface area contributed by atoms with Crippen LogP contribution in [0, 0.1) is 13.8 Å². The van der Waals surface area contributed by atoms with Crippen molar-refractivity contribution in [1.82, 2.24) is 14.0 Å². The van der Waals surface area contributed by atoms with Gasteiger partial charge in [-0.15, -0.1) is 0 Å². The SMILES string of the molecule is Cc1cn2c(C)c(CC(N)C(=O)O)n(C)c2n1. The summed E-state index contributed by atoms with van der Waals surface area (Å²) in [5.74, 6) is -0.174. The van der Waals surface area contributed by atoms with Gasteiger partial charge in [0.1, 0.15) is 6.04 Å². The molecule has 0 spiro atoms. The second-order valence-electron chi connectivity index (χ2n) is 4.29. The van der Waals surface area contributed by atoms with Gasteiger partial charge in [-0.1, -0.05) is 0 Å². The van der Waals surface area contributed by atoms with Crippen molar-refractivity contribution in [1.29, 1.82) is 0 Å². The van der Waals surface area contributed by atoms with Gasteiger partial charge in [0.2, 0.25) is 5.78 Å². The van der Waals surface area contributed by atoms with Crippen molar-refractivity contribution in [2.45, 2.75) is 26.3 Å². The van der Waals surface area contributed by atoms with Gasteiger partial charge in [-0.3, -0.25) is 9.20 Å². The van der Waals surface area contributed by atoms with Crippen LogP contribution in [0.25, 0.3) is 5.78 Å². The first-order valence-corrected chi connectivity index (χ1v) is 5.40. The standard InChI is InChI=1S/C11H16N4O2/c1-6-5-15-7(2)9(4-8(12)10(16)17)14(3)11(15)13-6/h5,8H,4,12H2,1-3H3,(H,16,17). The van der Waals surface area contributed by atoms with Gasteiger partial charge in [-0.2, -0.15) is 0 Å². The molecule has 0 aliphatic rings. The molecule has 0 radical (unpaired) electrons. The predicted octanol–water partition coefficient (Wildman–Crippen LogP) is 0.244. The van der Waals surface area contributed by atoms with Crippen LogP contribution in [0.5, 0.6) is 0 Å². The molecule has 0 amide bonds. The Morgan fingerprint density at radius 2 is 2.24 bits per heavy atom. The molecule has 6 heteroatoms. The summed E-state index contributed by atoms with van der Waals surface area (Å²) in [6.07, 6.45) is 2.24. The van der Waals surface area contributed by atoms with E-state index in [0.717, 1.165) is 22.9 Å². The molecule has 0 aliphatic heterocycles. The number of carboxylic acid groups (broad SMARTS) is 1. The number of nitrogens with zero attached hydrogens (tertiary/aromatic N) is 3. The van der Waals surface area contributed by atoms with E-state index in [1.807, 2.05) is 36.1 Å². The van der Waals surface area contributed by atoms with Crippen LogP contribution < -0.4 is 5.73 Å². The van der Waals surface area contributed by atoms with Crippen molar-refractivity contribution in [3.8, 4) is 0 Å². The first kappa shape index (κ1) is 11.7. The maximum absolute atomic E-state index is 10.8. The molecule has 2 aromatic rings. The van der Waals surface area contributed by atoms with E-state index in [2.05, 4.69) is 4.98 Å². The Balaban J connectivity index is 2.48. The molecule has 92 valence electrons. The van der Waals surface area contributed by atoms with Gasteiger partial charge < -0.3 is 15.4 Å². The van der Waals surface area contributed by atoms with E-state index in [1.165, 1.54) is 0 Å². The number of hydrogen-bond donors (Lipinski definition) is 2. The highest BCUT2D eigenvalue weighted by Crippen LogP contribution is 2.17.